The lowest BCUT2D eigenvalue weighted by atomic mass is 10.1. The van der Waals surface area contributed by atoms with Gasteiger partial charge in [-0.15, -0.1) is 10.2 Å². The second-order valence-corrected chi connectivity index (χ2v) is 5.52. The van der Waals surface area contributed by atoms with Gasteiger partial charge in [0.1, 0.15) is 6.04 Å². The molecule has 1 amide bonds. The van der Waals surface area contributed by atoms with E-state index in [0.29, 0.717) is 5.82 Å². The van der Waals surface area contributed by atoms with Gasteiger partial charge in [-0.25, -0.2) is 0 Å². The van der Waals surface area contributed by atoms with Crippen LogP contribution in [0.5, 0.6) is 0 Å². The second-order valence-electron chi connectivity index (χ2n) is 5.52. The van der Waals surface area contributed by atoms with E-state index in [9.17, 15) is 4.79 Å². The molecule has 1 aromatic heterocycles. The van der Waals surface area contributed by atoms with Crippen LogP contribution >= 0.6 is 0 Å². The smallest absolute Gasteiger partial charge is 0.250 e. The summed E-state index contributed by atoms with van der Waals surface area (Å²) in [4.78, 5) is 13.6. The third kappa shape index (κ3) is 3.48. The fourth-order valence-corrected chi connectivity index (χ4v) is 2.27. The fraction of sp³-hybridized carbons (Fsp3) is 0.222. The van der Waals surface area contributed by atoms with Crippen molar-refractivity contribution in [3.05, 3.63) is 60.2 Å². The average molecular weight is 321 g/mol. The lowest BCUT2D eigenvalue weighted by Crippen LogP contribution is -2.25. The topological polar surface area (TPSA) is 72.7 Å². The van der Waals surface area contributed by atoms with Crippen LogP contribution in [0.15, 0.2) is 54.6 Å². The number of hydrogen-bond donors (Lipinski definition) is 1. The first-order chi connectivity index (χ1) is 11.7. The van der Waals surface area contributed by atoms with E-state index in [1.807, 2.05) is 54.6 Å². The maximum absolute atomic E-state index is 12.3. The Hall–Kier alpha value is -3.02. The molecule has 3 rings (SSSR count). The van der Waals surface area contributed by atoms with E-state index < -0.39 is 6.04 Å². The molecule has 1 heterocycles. The third-order valence-electron chi connectivity index (χ3n) is 3.82. The Labute approximate surface area is 140 Å². The summed E-state index contributed by atoms with van der Waals surface area (Å²) in [5.74, 6) is 0.323. The number of anilines is 1. The van der Waals surface area contributed by atoms with Crippen molar-refractivity contribution < 1.29 is 4.79 Å². The molecule has 0 saturated heterocycles. The van der Waals surface area contributed by atoms with Gasteiger partial charge in [0.05, 0.1) is 0 Å². The zero-order chi connectivity index (χ0) is 16.9. The highest BCUT2D eigenvalue weighted by molar-refractivity contribution is 5.93. The molecular formula is C18H19N5O. The predicted molar refractivity (Wildman–Crippen MR) is 92.4 cm³/mol. The molecule has 0 bridgehead atoms. The Kier molecular flexibility index (Phi) is 4.65. The molecular weight excluding hydrogens is 302 g/mol. The monoisotopic (exact) mass is 321 g/mol. The number of carbonyl (C=O) groups excluding carboxylic acids is 1. The minimum absolute atomic E-state index is 0.188. The zero-order valence-corrected chi connectivity index (χ0v) is 13.7. The summed E-state index contributed by atoms with van der Waals surface area (Å²) in [6.07, 6.45) is 0.983. The van der Waals surface area contributed by atoms with Crippen molar-refractivity contribution in [2.75, 3.05) is 5.32 Å². The molecule has 0 aliphatic rings. The normalized spacial score (nSPS) is 11.9. The number of benzene rings is 2. The number of amides is 1. The number of para-hydroxylation sites is 1. The number of aryl methyl sites for hydroxylation is 1. The van der Waals surface area contributed by atoms with Crippen molar-refractivity contribution in [2.24, 2.45) is 0 Å². The van der Waals surface area contributed by atoms with Crippen LogP contribution in [0.2, 0.25) is 0 Å². The van der Waals surface area contributed by atoms with Crippen LogP contribution in [0.1, 0.15) is 25.5 Å². The minimum atomic E-state index is -0.554. The predicted octanol–water partition coefficient (Wildman–Crippen LogP) is 3.10. The van der Waals surface area contributed by atoms with E-state index >= 15 is 0 Å². The molecule has 3 aromatic rings. The highest BCUT2D eigenvalue weighted by Crippen LogP contribution is 2.16. The average Bonchev–Trinajstić information content (AvgIpc) is 3.12. The molecule has 0 aliphatic heterocycles. The van der Waals surface area contributed by atoms with Crippen LogP contribution in [0.3, 0.4) is 0 Å². The number of tetrazole rings is 1. The molecule has 0 radical (unpaired) electrons. The van der Waals surface area contributed by atoms with Gasteiger partial charge in [-0.05, 0) is 36.3 Å². The molecule has 2 aromatic carbocycles. The quantitative estimate of drug-likeness (QED) is 0.783. The zero-order valence-electron chi connectivity index (χ0n) is 13.7. The maximum atomic E-state index is 12.3. The van der Waals surface area contributed by atoms with E-state index in [1.165, 1.54) is 10.4 Å². The fourth-order valence-electron chi connectivity index (χ4n) is 2.27. The maximum Gasteiger partial charge on any atom is 0.250 e. The summed E-state index contributed by atoms with van der Waals surface area (Å²) >= 11 is 0. The highest BCUT2D eigenvalue weighted by atomic mass is 16.2. The number of hydrogen-bond acceptors (Lipinski definition) is 4. The van der Waals surface area contributed by atoms with Gasteiger partial charge >= 0.3 is 0 Å². The third-order valence-corrected chi connectivity index (χ3v) is 3.82. The molecule has 6 nitrogen and oxygen atoms in total. The van der Waals surface area contributed by atoms with Crippen LogP contribution in [-0.2, 0) is 11.2 Å². The molecule has 122 valence electrons. The Morgan fingerprint density at radius 3 is 2.50 bits per heavy atom. The van der Waals surface area contributed by atoms with E-state index in [1.54, 1.807) is 6.92 Å². The highest BCUT2D eigenvalue weighted by Gasteiger charge is 2.18. The molecule has 6 heteroatoms. The first-order valence-electron chi connectivity index (χ1n) is 7.92. The Morgan fingerprint density at radius 1 is 1.12 bits per heavy atom. The number of nitrogens with one attached hydrogen (secondary N) is 1. The van der Waals surface area contributed by atoms with Gasteiger partial charge in [0.25, 0.3) is 5.91 Å². The second kappa shape index (κ2) is 7.04. The van der Waals surface area contributed by atoms with Crippen molar-refractivity contribution in [1.29, 1.82) is 0 Å². The van der Waals surface area contributed by atoms with Crippen molar-refractivity contribution in [1.82, 2.24) is 20.2 Å². The van der Waals surface area contributed by atoms with Gasteiger partial charge < -0.3 is 5.32 Å². The van der Waals surface area contributed by atoms with Crippen LogP contribution < -0.4 is 5.32 Å². The SMILES string of the molecule is CCc1ccc(-c2nnn(C(C)C(=O)Nc3ccccc3)n2)cc1. The summed E-state index contributed by atoms with van der Waals surface area (Å²) in [6, 6.07) is 16.8. The summed E-state index contributed by atoms with van der Waals surface area (Å²) in [7, 11) is 0. The van der Waals surface area contributed by atoms with Gasteiger partial charge in [0, 0.05) is 11.3 Å². The van der Waals surface area contributed by atoms with E-state index in [2.05, 4.69) is 27.7 Å². The number of aromatic nitrogens is 4. The number of carbonyl (C=O) groups is 1. The van der Waals surface area contributed by atoms with E-state index in [4.69, 9.17) is 0 Å². The van der Waals surface area contributed by atoms with E-state index in [-0.39, 0.29) is 5.91 Å². The lowest BCUT2D eigenvalue weighted by molar-refractivity contribution is -0.119. The molecule has 0 fully saturated rings. The first-order valence-corrected chi connectivity index (χ1v) is 7.92. The number of rotatable bonds is 5. The van der Waals surface area contributed by atoms with Crippen LogP contribution in [-0.4, -0.2) is 26.1 Å². The van der Waals surface area contributed by atoms with Crippen molar-refractivity contribution in [3.8, 4) is 11.4 Å². The van der Waals surface area contributed by atoms with Crippen molar-refractivity contribution >= 4 is 11.6 Å². The van der Waals surface area contributed by atoms with Crippen molar-refractivity contribution in [3.63, 3.8) is 0 Å². The van der Waals surface area contributed by atoms with E-state index in [0.717, 1.165) is 17.7 Å². The molecule has 0 aliphatic carbocycles. The Bertz CT molecular complexity index is 811. The summed E-state index contributed by atoms with van der Waals surface area (Å²) in [5, 5.41) is 15.2. The van der Waals surface area contributed by atoms with Gasteiger partial charge in [-0.3, -0.25) is 4.79 Å². The molecule has 1 atom stereocenters. The lowest BCUT2D eigenvalue weighted by Gasteiger charge is -2.10. The summed E-state index contributed by atoms with van der Waals surface area (Å²) in [5.41, 5.74) is 2.88. The van der Waals surface area contributed by atoms with Gasteiger partial charge in [0.15, 0.2) is 0 Å². The minimum Gasteiger partial charge on any atom is -0.324 e. The van der Waals surface area contributed by atoms with Gasteiger partial charge in [-0.2, -0.15) is 4.80 Å². The Balaban J connectivity index is 1.73. The summed E-state index contributed by atoms with van der Waals surface area (Å²) in [6.45, 7) is 3.85. The molecule has 0 saturated carbocycles. The number of nitrogens with zero attached hydrogens (tertiary/aromatic N) is 4. The first kappa shape index (κ1) is 15.9. The van der Waals surface area contributed by atoms with Gasteiger partial charge in [0.2, 0.25) is 5.82 Å². The van der Waals surface area contributed by atoms with Crippen LogP contribution in [0.4, 0.5) is 5.69 Å². The Morgan fingerprint density at radius 2 is 1.83 bits per heavy atom. The molecule has 0 spiro atoms. The standard InChI is InChI=1S/C18H19N5O/c1-3-14-9-11-15(12-10-14)17-20-22-23(21-17)13(2)18(24)19-16-7-5-4-6-8-16/h4-13H,3H2,1-2H3,(H,19,24). The molecule has 1 unspecified atom stereocenters. The van der Waals surface area contributed by atoms with Crippen LogP contribution in [0, 0.1) is 0 Å². The molecule has 24 heavy (non-hydrogen) atoms. The molecule has 1 N–H and O–H groups in total. The van der Waals surface area contributed by atoms with Gasteiger partial charge in [-0.1, -0.05) is 49.4 Å². The van der Waals surface area contributed by atoms with Crippen LogP contribution in [0.25, 0.3) is 11.4 Å². The van der Waals surface area contributed by atoms with Crippen molar-refractivity contribution in [2.45, 2.75) is 26.3 Å². The summed E-state index contributed by atoms with van der Waals surface area (Å²) < 4.78 is 0. The largest absolute Gasteiger partial charge is 0.324 e.